The second-order valence-electron chi connectivity index (χ2n) is 5.81. The fourth-order valence-electron chi connectivity index (χ4n) is 2.51. The van der Waals surface area contributed by atoms with Gasteiger partial charge in [0, 0.05) is 18.8 Å². The number of nitrogens with zero attached hydrogens (tertiary/aromatic N) is 2. The summed E-state index contributed by atoms with van der Waals surface area (Å²) in [4.78, 5) is 12.2. The lowest BCUT2D eigenvalue weighted by Gasteiger charge is -2.20. The number of benzene rings is 2. The number of hydrogen-bond donors (Lipinski definition) is 1. The molecule has 2 aromatic rings. The molecule has 0 aliphatic carbocycles. The van der Waals surface area contributed by atoms with Crippen LogP contribution in [0.25, 0.3) is 0 Å². The molecule has 1 heterocycles. The highest BCUT2D eigenvalue weighted by Gasteiger charge is 2.23. The number of carbonyl (C=O) groups excluding carboxylic acids is 1. The standard InChI is InChI=1S/C18H17N3O5S/c1-21(27(23,24)15-4-2-3-13(9-15)11-19)12-18(22)20-14-5-6-16-17(10-14)26-8-7-25-16/h2-6,9-10H,7-8,12H2,1H3,(H,20,22). The maximum atomic E-state index is 12.6. The third-order valence-electron chi connectivity index (χ3n) is 3.86. The van der Waals surface area contributed by atoms with E-state index >= 15 is 0 Å². The van der Waals surface area contributed by atoms with Crippen molar-refractivity contribution < 1.29 is 22.7 Å². The van der Waals surface area contributed by atoms with Crippen LogP contribution in [0.1, 0.15) is 5.56 Å². The first kappa shape index (κ1) is 18.7. The molecule has 0 spiro atoms. The second-order valence-corrected chi connectivity index (χ2v) is 7.85. The van der Waals surface area contributed by atoms with Crippen LogP contribution in [0.2, 0.25) is 0 Å². The van der Waals surface area contributed by atoms with E-state index in [1.807, 2.05) is 6.07 Å². The van der Waals surface area contributed by atoms with Crippen molar-refractivity contribution in [1.29, 1.82) is 5.26 Å². The zero-order valence-electron chi connectivity index (χ0n) is 14.5. The van der Waals surface area contributed by atoms with Crippen LogP contribution in [0.4, 0.5) is 5.69 Å². The smallest absolute Gasteiger partial charge is 0.243 e. The summed E-state index contributed by atoms with van der Waals surface area (Å²) in [6.07, 6.45) is 0. The average Bonchev–Trinajstić information content (AvgIpc) is 2.67. The summed E-state index contributed by atoms with van der Waals surface area (Å²) in [6, 6.07) is 12.5. The van der Waals surface area contributed by atoms with E-state index in [1.165, 1.54) is 31.3 Å². The van der Waals surface area contributed by atoms with Crippen molar-refractivity contribution in [3.05, 3.63) is 48.0 Å². The Morgan fingerprint density at radius 2 is 1.93 bits per heavy atom. The average molecular weight is 387 g/mol. The highest BCUT2D eigenvalue weighted by atomic mass is 32.2. The number of nitriles is 1. The number of anilines is 1. The van der Waals surface area contributed by atoms with E-state index in [9.17, 15) is 13.2 Å². The first-order chi connectivity index (χ1) is 12.9. The van der Waals surface area contributed by atoms with Crippen molar-refractivity contribution >= 4 is 21.6 Å². The van der Waals surface area contributed by atoms with E-state index in [0.29, 0.717) is 30.4 Å². The minimum Gasteiger partial charge on any atom is -0.486 e. The van der Waals surface area contributed by atoms with Crippen molar-refractivity contribution in [2.75, 3.05) is 32.1 Å². The van der Waals surface area contributed by atoms with Gasteiger partial charge in [-0.3, -0.25) is 4.79 Å². The first-order valence-corrected chi connectivity index (χ1v) is 9.50. The number of carbonyl (C=O) groups is 1. The predicted molar refractivity (Wildman–Crippen MR) is 97.0 cm³/mol. The van der Waals surface area contributed by atoms with Crippen LogP contribution < -0.4 is 14.8 Å². The summed E-state index contributed by atoms with van der Waals surface area (Å²) < 4.78 is 37.0. The molecule has 0 radical (unpaired) electrons. The van der Waals surface area contributed by atoms with Crippen LogP contribution in [0.3, 0.4) is 0 Å². The molecule has 0 bridgehead atoms. The monoisotopic (exact) mass is 387 g/mol. The van der Waals surface area contributed by atoms with Gasteiger partial charge >= 0.3 is 0 Å². The normalized spacial score (nSPS) is 13.1. The molecule has 140 valence electrons. The predicted octanol–water partition coefficient (Wildman–Crippen LogP) is 1.59. The van der Waals surface area contributed by atoms with Gasteiger partial charge in [0.05, 0.1) is 23.1 Å². The number of nitrogens with one attached hydrogen (secondary N) is 1. The highest BCUT2D eigenvalue weighted by molar-refractivity contribution is 7.89. The second kappa shape index (κ2) is 7.65. The van der Waals surface area contributed by atoms with Gasteiger partial charge in [0.25, 0.3) is 0 Å². The highest BCUT2D eigenvalue weighted by Crippen LogP contribution is 2.32. The fourth-order valence-corrected chi connectivity index (χ4v) is 3.69. The molecule has 8 nitrogen and oxygen atoms in total. The van der Waals surface area contributed by atoms with Crippen molar-refractivity contribution in [1.82, 2.24) is 4.31 Å². The molecule has 9 heteroatoms. The summed E-state index contributed by atoms with van der Waals surface area (Å²) in [5.74, 6) is 0.610. The molecule has 0 unspecified atom stereocenters. The molecule has 0 atom stereocenters. The van der Waals surface area contributed by atoms with Gasteiger partial charge in [-0.2, -0.15) is 9.57 Å². The van der Waals surface area contributed by atoms with Crippen LogP contribution in [0.5, 0.6) is 11.5 Å². The molecular weight excluding hydrogens is 370 g/mol. The zero-order chi connectivity index (χ0) is 19.4. The fraction of sp³-hybridized carbons (Fsp3) is 0.222. The molecule has 1 amide bonds. The van der Waals surface area contributed by atoms with Gasteiger partial charge in [-0.15, -0.1) is 0 Å². The Morgan fingerprint density at radius 1 is 1.19 bits per heavy atom. The molecule has 27 heavy (non-hydrogen) atoms. The first-order valence-electron chi connectivity index (χ1n) is 8.06. The Hall–Kier alpha value is -3.09. The molecule has 1 aliphatic rings. The number of ether oxygens (including phenoxy) is 2. The van der Waals surface area contributed by atoms with Gasteiger partial charge in [-0.05, 0) is 30.3 Å². The summed E-state index contributed by atoms with van der Waals surface area (Å²) in [7, 11) is -2.59. The Morgan fingerprint density at radius 3 is 2.67 bits per heavy atom. The lowest BCUT2D eigenvalue weighted by Crippen LogP contribution is -2.35. The minimum absolute atomic E-state index is 0.0452. The van der Waals surface area contributed by atoms with Crippen LogP contribution in [0.15, 0.2) is 47.4 Å². The summed E-state index contributed by atoms with van der Waals surface area (Å²) >= 11 is 0. The van der Waals surface area contributed by atoms with Gasteiger partial charge < -0.3 is 14.8 Å². The van der Waals surface area contributed by atoms with Gasteiger partial charge in [0.15, 0.2) is 11.5 Å². The SMILES string of the molecule is CN(CC(=O)Nc1ccc2c(c1)OCCO2)S(=O)(=O)c1cccc(C#N)c1. The topological polar surface area (TPSA) is 109 Å². The van der Waals surface area contributed by atoms with Crippen LogP contribution in [-0.2, 0) is 14.8 Å². The lowest BCUT2D eigenvalue weighted by atomic mass is 10.2. The molecule has 3 rings (SSSR count). The molecule has 0 fully saturated rings. The van der Waals surface area contributed by atoms with E-state index in [-0.39, 0.29) is 17.0 Å². The van der Waals surface area contributed by atoms with Crippen molar-refractivity contribution in [2.45, 2.75) is 4.90 Å². The van der Waals surface area contributed by atoms with Gasteiger partial charge in [-0.25, -0.2) is 8.42 Å². The number of fused-ring (bicyclic) bond motifs is 1. The van der Waals surface area contributed by atoms with Crippen LogP contribution in [-0.4, -0.2) is 45.4 Å². The molecule has 2 aromatic carbocycles. The zero-order valence-corrected chi connectivity index (χ0v) is 15.3. The Kier molecular flexibility index (Phi) is 5.30. The van der Waals surface area contributed by atoms with E-state index in [0.717, 1.165) is 4.31 Å². The van der Waals surface area contributed by atoms with Crippen molar-refractivity contribution in [3.8, 4) is 17.6 Å². The molecule has 1 N–H and O–H groups in total. The number of rotatable bonds is 5. The number of amides is 1. The van der Waals surface area contributed by atoms with Crippen molar-refractivity contribution in [3.63, 3.8) is 0 Å². The number of likely N-dealkylation sites (N-methyl/N-ethyl adjacent to an activating group) is 1. The molecule has 0 aromatic heterocycles. The van der Waals surface area contributed by atoms with Crippen molar-refractivity contribution in [2.24, 2.45) is 0 Å². The Balaban J connectivity index is 1.69. The lowest BCUT2D eigenvalue weighted by molar-refractivity contribution is -0.116. The molecule has 0 saturated carbocycles. The quantitative estimate of drug-likeness (QED) is 0.834. The molecule has 0 saturated heterocycles. The Labute approximate surface area is 157 Å². The largest absolute Gasteiger partial charge is 0.486 e. The third-order valence-corrected chi connectivity index (χ3v) is 5.66. The van der Waals surface area contributed by atoms with Gasteiger partial charge in [-0.1, -0.05) is 6.07 Å². The maximum Gasteiger partial charge on any atom is 0.243 e. The number of sulfonamides is 1. The van der Waals surface area contributed by atoms with Gasteiger partial charge in [0.2, 0.25) is 15.9 Å². The number of hydrogen-bond acceptors (Lipinski definition) is 6. The van der Waals surface area contributed by atoms with E-state index < -0.39 is 15.9 Å². The maximum absolute atomic E-state index is 12.6. The minimum atomic E-state index is -3.90. The summed E-state index contributed by atoms with van der Waals surface area (Å²) in [6.45, 7) is 0.509. The molecular formula is C18H17N3O5S. The summed E-state index contributed by atoms with van der Waals surface area (Å²) in [5.41, 5.74) is 0.701. The van der Waals surface area contributed by atoms with E-state index in [2.05, 4.69) is 5.32 Å². The van der Waals surface area contributed by atoms with Crippen LogP contribution in [0, 0.1) is 11.3 Å². The summed E-state index contributed by atoms with van der Waals surface area (Å²) in [5, 5.41) is 11.6. The van der Waals surface area contributed by atoms with Crippen LogP contribution >= 0.6 is 0 Å². The molecule has 1 aliphatic heterocycles. The van der Waals surface area contributed by atoms with E-state index in [1.54, 1.807) is 18.2 Å². The van der Waals surface area contributed by atoms with E-state index in [4.69, 9.17) is 14.7 Å². The third kappa shape index (κ3) is 4.19. The van der Waals surface area contributed by atoms with Gasteiger partial charge in [0.1, 0.15) is 13.2 Å². The Bertz CT molecular complexity index is 1010.